The first kappa shape index (κ1) is 10.8. The highest BCUT2D eigenvalue weighted by Crippen LogP contribution is 2.49. The number of rotatable bonds is 1. The predicted octanol–water partition coefficient (Wildman–Crippen LogP) is 3.32. The molecule has 2 heteroatoms. The van der Waals surface area contributed by atoms with Gasteiger partial charge in [0, 0.05) is 11.6 Å². The zero-order valence-electron chi connectivity index (χ0n) is 10.2. The summed E-state index contributed by atoms with van der Waals surface area (Å²) in [5.74, 6) is 3.79. The Balaban J connectivity index is 0.000000404. The third-order valence-corrected chi connectivity index (χ3v) is 3.94. The molecule has 0 spiro atoms. The monoisotopic (exact) mass is 206 g/mol. The fourth-order valence-corrected chi connectivity index (χ4v) is 3.33. The first-order chi connectivity index (χ1) is 7.33. The number of fused-ring (bicyclic) bond motifs is 2. The van der Waals surface area contributed by atoms with E-state index < -0.39 is 0 Å². The molecular formula is C13H22N2. The van der Waals surface area contributed by atoms with E-state index in [2.05, 4.69) is 9.98 Å². The minimum Gasteiger partial charge on any atom is -0.265 e. The van der Waals surface area contributed by atoms with Crippen LogP contribution < -0.4 is 0 Å². The Kier molecular flexibility index (Phi) is 3.22. The normalized spacial score (nSPS) is 37.1. The summed E-state index contributed by atoms with van der Waals surface area (Å²) in [6.45, 7) is 6.92. The van der Waals surface area contributed by atoms with Gasteiger partial charge in [-0.1, -0.05) is 20.3 Å². The van der Waals surface area contributed by atoms with Crippen LogP contribution in [0.2, 0.25) is 0 Å². The topological polar surface area (TPSA) is 24.7 Å². The van der Waals surface area contributed by atoms with Gasteiger partial charge in [-0.2, -0.15) is 0 Å². The summed E-state index contributed by atoms with van der Waals surface area (Å²) in [5.41, 5.74) is 1.39. The summed E-state index contributed by atoms with van der Waals surface area (Å²) in [7, 11) is 0. The number of hydrogen-bond donors (Lipinski definition) is 0. The van der Waals surface area contributed by atoms with Crippen molar-refractivity contribution in [3.8, 4) is 0 Å². The second kappa shape index (κ2) is 4.46. The third-order valence-electron chi connectivity index (χ3n) is 3.94. The van der Waals surface area contributed by atoms with Crippen LogP contribution in [0.25, 0.3) is 0 Å². The Labute approximate surface area is 92.9 Å². The number of hydrogen-bond acceptors (Lipinski definition) is 2. The summed E-state index contributed by atoms with van der Waals surface area (Å²) < 4.78 is 0. The van der Waals surface area contributed by atoms with Gasteiger partial charge < -0.3 is 0 Å². The van der Waals surface area contributed by atoms with Crippen molar-refractivity contribution >= 4 is 11.5 Å². The van der Waals surface area contributed by atoms with E-state index >= 15 is 0 Å². The van der Waals surface area contributed by atoms with Crippen LogP contribution >= 0.6 is 0 Å². The van der Waals surface area contributed by atoms with E-state index in [-0.39, 0.29) is 0 Å². The Hall–Kier alpha value is -0.660. The van der Waals surface area contributed by atoms with E-state index in [1.165, 1.54) is 31.4 Å². The molecule has 2 nitrogen and oxygen atoms in total. The molecule has 0 aromatic heterocycles. The molecule has 0 radical (unpaired) electrons. The molecule has 15 heavy (non-hydrogen) atoms. The highest BCUT2D eigenvalue weighted by atomic mass is 15.0. The van der Waals surface area contributed by atoms with E-state index in [0.29, 0.717) is 0 Å². The second-order valence-corrected chi connectivity index (χ2v) is 4.75. The smallest absolute Gasteiger partial charge is 0.120 e. The van der Waals surface area contributed by atoms with Gasteiger partial charge in [0.05, 0.1) is 6.54 Å². The molecule has 0 N–H and O–H groups in total. The maximum Gasteiger partial charge on any atom is 0.120 e. The van der Waals surface area contributed by atoms with Crippen LogP contribution in [0, 0.1) is 17.8 Å². The standard InChI is InChI=1S/C11H16N2.C2H6/c1-7-12-6-11(13-7)10-5-8-2-3-9(10)4-8;1-2/h8-10H,2-6H2,1H3;1-2H3. The number of aliphatic imine (C=N–C) groups is 2. The Morgan fingerprint density at radius 3 is 2.40 bits per heavy atom. The molecule has 0 aromatic rings. The highest BCUT2D eigenvalue weighted by molar-refractivity contribution is 6.04. The van der Waals surface area contributed by atoms with Crippen molar-refractivity contribution in [1.29, 1.82) is 0 Å². The molecule has 2 saturated carbocycles. The van der Waals surface area contributed by atoms with Gasteiger partial charge in [-0.05, 0) is 38.0 Å². The zero-order valence-corrected chi connectivity index (χ0v) is 10.2. The first-order valence-electron chi connectivity index (χ1n) is 6.41. The molecule has 3 rings (SSSR count). The van der Waals surface area contributed by atoms with E-state index in [1.54, 1.807) is 0 Å². The van der Waals surface area contributed by atoms with Crippen LogP contribution in [0.3, 0.4) is 0 Å². The maximum atomic E-state index is 4.56. The SMILES string of the molecule is CC.CC1=NCC(C2CC3CCC2C3)=N1. The molecule has 2 bridgehead atoms. The second-order valence-electron chi connectivity index (χ2n) is 4.75. The molecule has 3 atom stereocenters. The van der Waals surface area contributed by atoms with Crippen molar-refractivity contribution in [1.82, 2.24) is 0 Å². The molecule has 84 valence electrons. The third kappa shape index (κ3) is 1.99. The van der Waals surface area contributed by atoms with Gasteiger partial charge >= 0.3 is 0 Å². The molecule has 0 aromatic carbocycles. The number of nitrogens with zero attached hydrogens (tertiary/aromatic N) is 2. The molecule has 0 amide bonds. The lowest BCUT2D eigenvalue weighted by Gasteiger charge is -2.20. The van der Waals surface area contributed by atoms with Crippen LogP contribution in [0.4, 0.5) is 0 Å². The zero-order chi connectivity index (χ0) is 10.8. The molecule has 1 aliphatic heterocycles. The van der Waals surface area contributed by atoms with Crippen molar-refractivity contribution in [2.75, 3.05) is 6.54 Å². The molecule has 0 saturated heterocycles. The lowest BCUT2D eigenvalue weighted by Crippen LogP contribution is -2.21. The number of amidine groups is 1. The average Bonchev–Trinajstić information content (AvgIpc) is 2.95. The predicted molar refractivity (Wildman–Crippen MR) is 65.7 cm³/mol. The lowest BCUT2D eigenvalue weighted by atomic mass is 9.85. The molecular weight excluding hydrogens is 184 g/mol. The Morgan fingerprint density at radius 2 is 1.93 bits per heavy atom. The minimum absolute atomic E-state index is 0.806. The first-order valence-corrected chi connectivity index (χ1v) is 6.41. The molecule has 3 aliphatic rings. The van der Waals surface area contributed by atoms with Crippen LogP contribution in [0.5, 0.6) is 0 Å². The fourth-order valence-electron chi connectivity index (χ4n) is 3.33. The summed E-state index contributed by atoms with van der Waals surface area (Å²) in [6, 6.07) is 0. The minimum atomic E-state index is 0.806. The molecule has 2 fully saturated rings. The highest BCUT2D eigenvalue weighted by Gasteiger charge is 2.42. The Morgan fingerprint density at radius 1 is 1.13 bits per heavy atom. The van der Waals surface area contributed by atoms with Crippen molar-refractivity contribution in [2.45, 2.75) is 46.5 Å². The Bertz CT molecular complexity index is 291. The van der Waals surface area contributed by atoms with E-state index in [0.717, 1.165) is 30.1 Å². The van der Waals surface area contributed by atoms with Gasteiger partial charge in [0.1, 0.15) is 5.84 Å². The van der Waals surface area contributed by atoms with Gasteiger partial charge in [-0.15, -0.1) is 0 Å². The molecule has 2 aliphatic carbocycles. The summed E-state index contributed by atoms with van der Waals surface area (Å²) in [4.78, 5) is 8.91. The summed E-state index contributed by atoms with van der Waals surface area (Å²) >= 11 is 0. The summed E-state index contributed by atoms with van der Waals surface area (Å²) in [5, 5.41) is 0. The van der Waals surface area contributed by atoms with E-state index in [9.17, 15) is 0 Å². The van der Waals surface area contributed by atoms with Gasteiger partial charge in [0.25, 0.3) is 0 Å². The van der Waals surface area contributed by atoms with Crippen LogP contribution in [-0.2, 0) is 0 Å². The van der Waals surface area contributed by atoms with Crippen molar-refractivity contribution in [3.05, 3.63) is 0 Å². The van der Waals surface area contributed by atoms with Crippen molar-refractivity contribution in [2.24, 2.45) is 27.7 Å². The summed E-state index contributed by atoms with van der Waals surface area (Å²) in [6.07, 6.45) is 5.82. The fraction of sp³-hybridized carbons (Fsp3) is 0.846. The largest absolute Gasteiger partial charge is 0.265 e. The van der Waals surface area contributed by atoms with Gasteiger partial charge in [-0.3, -0.25) is 4.99 Å². The molecule has 1 heterocycles. The maximum absolute atomic E-state index is 4.56. The van der Waals surface area contributed by atoms with Crippen LogP contribution in [-0.4, -0.2) is 18.1 Å². The van der Waals surface area contributed by atoms with Crippen LogP contribution in [0.1, 0.15) is 46.5 Å². The van der Waals surface area contributed by atoms with Crippen molar-refractivity contribution < 1.29 is 0 Å². The van der Waals surface area contributed by atoms with Gasteiger partial charge in [-0.25, -0.2) is 4.99 Å². The lowest BCUT2D eigenvalue weighted by molar-refractivity contribution is 0.414. The van der Waals surface area contributed by atoms with Gasteiger partial charge in [0.15, 0.2) is 0 Å². The molecule has 3 unspecified atom stereocenters. The van der Waals surface area contributed by atoms with E-state index in [1.807, 2.05) is 20.8 Å². The quantitative estimate of drug-likeness (QED) is 0.629. The average molecular weight is 206 g/mol. The van der Waals surface area contributed by atoms with E-state index in [4.69, 9.17) is 0 Å². The van der Waals surface area contributed by atoms with Crippen molar-refractivity contribution in [3.63, 3.8) is 0 Å². The van der Waals surface area contributed by atoms with Crippen LogP contribution in [0.15, 0.2) is 9.98 Å². The van der Waals surface area contributed by atoms with Gasteiger partial charge in [0.2, 0.25) is 0 Å².